The summed E-state index contributed by atoms with van der Waals surface area (Å²) in [6.07, 6.45) is -5.34. The van der Waals surface area contributed by atoms with Crippen LogP contribution in [0.4, 0.5) is 27.6 Å². The van der Waals surface area contributed by atoms with Crippen LogP contribution in [0, 0.1) is 5.92 Å². The van der Waals surface area contributed by atoms with Crippen molar-refractivity contribution in [2.45, 2.75) is 54.4 Å². The lowest BCUT2D eigenvalue weighted by molar-refractivity contribution is -0.141. The van der Waals surface area contributed by atoms with Crippen LogP contribution in [0.2, 0.25) is 0 Å². The molecule has 1 aliphatic rings. The number of fused-ring (bicyclic) bond motifs is 1. The van der Waals surface area contributed by atoms with E-state index in [0.29, 0.717) is 37.4 Å². The number of hydrogen-bond donors (Lipinski definition) is 2. The van der Waals surface area contributed by atoms with Gasteiger partial charge in [0.05, 0.1) is 29.5 Å². The maximum atomic E-state index is 15.3. The molecule has 0 aliphatic carbocycles. The zero-order chi connectivity index (χ0) is 36.9. The van der Waals surface area contributed by atoms with Crippen molar-refractivity contribution in [3.8, 4) is 5.75 Å². The van der Waals surface area contributed by atoms with Gasteiger partial charge in [-0.25, -0.2) is 0 Å². The molecule has 51 heavy (non-hydrogen) atoms. The van der Waals surface area contributed by atoms with E-state index in [4.69, 9.17) is 4.74 Å². The monoisotopic (exact) mass is 727 g/mol. The molecule has 1 aliphatic heterocycles. The molecule has 0 radical (unpaired) electrons. The number of carbonyl (C=O) groups excluding carboxylic acids is 2. The number of benzene rings is 4. The third-order valence-corrected chi connectivity index (χ3v) is 9.66. The van der Waals surface area contributed by atoms with E-state index in [1.807, 2.05) is 73.5 Å². The summed E-state index contributed by atoms with van der Waals surface area (Å²) in [6, 6.07) is 23.8. The van der Waals surface area contributed by atoms with E-state index in [-0.39, 0.29) is 36.1 Å². The number of alkyl halides is 5. The van der Waals surface area contributed by atoms with Crippen LogP contribution in [0.5, 0.6) is 5.75 Å². The first kappa shape index (κ1) is 37.8. The van der Waals surface area contributed by atoms with Crippen LogP contribution in [-0.2, 0) is 23.4 Å². The van der Waals surface area contributed by atoms with E-state index in [1.54, 1.807) is 18.7 Å². The number of halogens is 5. The SMILES string of the molecule is CC(CO)N1C[C@@H](C)[C@@H](CN(C)Cc2ccc(Sc3ccccc3)cc2)Oc2c(NC(=O)C(F)(F)c3ccc(C(F)(F)F)cc3)cccc2C1=O. The smallest absolute Gasteiger partial charge is 0.416 e. The van der Waals surface area contributed by atoms with Gasteiger partial charge < -0.3 is 20.1 Å². The molecule has 0 spiro atoms. The second kappa shape index (κ2) is 15.8. The van der Waals surface area contributed by atoms with Crippen molar-refractivity contribution >= 4 is 29.3 Å². The maximum Gasteiger partial charge on any atom is 0.416 e. The third-order valence-electron chi connectivity index (χ3n) is 8.65. The number of anilines is 1. The minimum atomic E-state index is -4.74. The number of amides is 2. The van der Waals surface area contributed by atoms with Gasteiger partial charge in [-0.05, 0) is 68.1 Å². The summed E-state index contributed by atoms with van der Waals surface area (Å²) in [5.41, 5.74) is -1.24. The molecular formula is C38H38F5N3O4S. The molecule has 0 bridgehead atoms. The predicted octanol–water partition coefficient (Wildman–Crippen LogP) is 7.94. The zero-order valence-electron chi connectivity index (χ0n) is 28.2. The first-order chi connectivity index (χ1) is 24.2. The number of aliphatic hydroxyl groups is 1. The molecule has 2 amide bonds. The van der Waals surface area contributed by atoms with Gasteiger partial charge in [0.15, 0.2) is 5.75 Å². The Morgan fingerprint density at radius 2 is 1.57 bits per heavy atom. The molecule has 0 aromatic heterocycles. The predicted molar refractivity (Wildman–Crippen MR) is 185 cm³/mol. The molecule has 0 saturated carbocycles. The average Bonchev–Trinajstić information content (AvgIpc) is 3.10. The summed E-state index contributed by atoms with van der Waals surface area (Å²) >= 11 is 1.65. The molecule has 13 heteroatoms. The van der Waals surface area contributed by atoms with Gasteiger partial charge in [0, 0.05) is 40.9 Å². The molecule has 1 unspecified atom stereocenters. The summed E-state index contributed by atoms with van der Waals surface area (Å²) in [6.45, 7) is 4.36. The van der Waals surface area contributed by atoms with Crippen molar-refractivity contribution in [3.63, 3.8) is 0 Å². The summed E-state index contributed by atoms with van der Waals surface area (Å²) < 4.78 is 76.2. The Morgan fingerprint density at radius 3 is 2.20 bits per heavy atom. The number of hydrogen-bond acceptors (Lipinski definition) is 6. The number of aliphatic hydroxyl groups excluding tert-OH is 1. The molecule has 0 fully saturated rings. The van der Waals surface area contributed by atoms with E-state index in [2.05, 4.69) is 5.32 Å². The van der Waals surface area contributed by atoms with Crippen LogP contribution in [0.25, 0.3) is 0 Å². The maximum absolute atomic E-state index is 15.3. The summed E-state index contributed by atoms with van der Waals surface area (Å²) in [7, 11) is 1.90. The normalized spacial score (nSPS) is 17.3. The van der Waals surface area contributed by atoms with E-state index in [0.717, 1.165) is 15.4 Å². The van der Waals surface area contributed by atoms with Crippen LogP contribution in [0.3, 0.4) is 0 Å². The molecule has 1 heterocycles. The molecule has 0 saturated heterocycles. The van der Waals surface area contributed by atoms with E-state index in [1.165, 1.54) is 23.1 Å². The summed E-state index contributed by atoms with van der Waals surface area (Å²) in [5.74, 6) is -6.99. The topological polar surface area (TPSA) is 82.1 Å². The molecule has 270 valence electrons. The van der Waals surface area contributed by atoms with Gasteiger partial charge in [-0.15, -0.1) is 0 Å². The number of likely N-dealkylation sites (N-methyl/N-ethyl adjacent to an activating group) is 1. The van der Waals surface area contributed by atoms with Crippen molar-refractivity contribution in [3.05, 3.63) is 119 Å². The number of carbonyl (C=O) groups is 2. The van der Waals surface area contributed by atoms with Crippen molar-refractivity contribution in [2.24, 2.45) is 5.92 Å². The van der Waals surface area contributed by atoms with Crippen molar-refractivity contribution in [1.29, 1.82) is 0 Å². The van der Waals surface area contributed by atoms with E-state index >= 15 is 8.78 Å². The van der Waals surface area contributed by atoms with Gasteiger partial charge >= 0.3 is 12.1 Å². The quantitative estimate of drug-likeness (QED) is 0.153. The fourth-order valence-electron chi connectivity index (χ4n) is 5.73. The summed E-state index contributed by atoms with van der Waals surface area (Å²) in [4.78, 5) is 32.6. The van der Waals surface area contributed by atoms with Crippen molar-refractivity contribution in [2.75, 3.05) is 32.1 Å². The first-order valence-corrected chi connectivity index (χ1v) is 17.1. The minimum absolute atomic E-state index is 0.00277. The van der Waals surface area contributed by atoms with Crippen molar-refractivity contribution < 1.29 is 41.4 Å². The number of ether oxygens (including phenoxy) is 1. The Kier molecular flexibility index (Phi) is 11.7. The molecule has 2 N–H and O–H groups in total. The minimum Gasteiger partial charge on any atom is -0.486 e. The van der Waals surface area contributed by atoms with Crippen molar-refractivity contribution in [1.82, 2.24) is 9.80 Å². The highest BCUT2D eigenvalue weighted by Gasteiger charge is 2.43. The van der Waals surface area contributed by atoms with Crippen LogP contribution < -0.4 is 10.1 Å². The first-order valence-electron chi connectivity index (χ1n) is 16.3. The fourth-order valence-corrected chi connectivity index (χ4v) is 6.57. The molecule has 5 rings (SSSR count). The van der Waals surface area contributed by atoms with Gasteiger partial charge in [0.2, 0.25) is 0 Å². The highest BCUT2D eigenvalue weighted by molar-refractivity contribution is 7.99. The zero-order valence-corrected chi connectivity index (χ0v) is 29.0. The lowest BCUT2D eigenvalue weighted by Gasteiger charge is -2.38. The van der Waals surface area contributed by atoms with Crippen LogP contribution in [0.15, 0.2) is 107 Å². The Bertz CT molecular complexity index is 1810. The van der Waals surface area contributed by atoms with Gasteiger partial charge in [0.25, 0.3) is 11.8 Å². The molecule has 4 aromatic rings. The van der Waals surface area contributed by atoms with Crippen LogP contribution >= 0.6 is 11.8 Å². The second-order valence-corrected chi connectivity index (χ2v) is 13.8. The highest BCUT2D eigenvalue weighted by atomic mass is 32.2. The largest absolute Gasteiger partial charge is 0.486 e. The number of nitrogens with one attached hydrogen (secondary N) is 1. The fraction of sp³-hybridized carbons (Fsp3) is 0.316. The average molecular weight is 728 g/mol. The van der Waals surface area contributed by atoms with Crippen LogP contribution in [0.1, 0.15) is 40.9 Å². The van der Waals surface area contributed by atoms with E-state index in [9.17, 15) is 27.9 Å². The number of rotatable bonds is 11. The Labute approximate surface area is 297 Å². The lowest BCUT2D eigenvalue weighted by atomic mass is 9.98. The lowest BCUT2D eigenvalue weighted by Crippen LogP contribution is -2.49. The number of para-hydroxylation sites is 1. The van der Waals surface area contributed by atoms with Gasteiger partial charge in [-0.3, -0.25) is 14.5 Å². The standard InChI is InChI=1S/C38H38F5N3O4S/c1-24-20-46(25(2)23-47)35(48)31-10-7-11-32(44-36(49)37(39,40)27-14-16-28(17-15-27)38(41,42)43)34(31)50-33(24)22-45(3)21-26-12-18-30(19-13-26)51-29-8-5-4-6-9-29/h4-19,24-25,33,47H,20-23H2,1-3H3,(H,44,49)/t24-,25?,33-/m1/s1. The van der Waals surface area contributed by atoms with Crippen LogP contribution in [-0.4, -0.2) is 65.6 Å². The summed E-state index contributed by atoms with van der Waals surface area (Å²) in [5, 5.41) is 12.1. The van der Waals surface area contributed by atoms with Gasteiger partial charge in [0.1, 0.15) is 6.10 Å². The molecular weight excluding hydrogens is 689 g/mol. The Hall–Kier alpha value is -4.46. The Morgan fingerprint density at radius 1 is 0.941 bits per heavy atom. The van der Waals surface area contributed by atoms with Gasteiger partial charge in [-0.2, -0.15) is 22.0 Å². The third kappa shape index (κ3) is 9.07. The number of nitrogens with zero attached hydrogens (tertiary/aromatic N) is 2. The van der Waals surface area contributed by atoms with Gasteiger partial charge in [-0.1, -0.05) is 67.2 Å². The molecule has 7 nitrogen and oxygen atoms in total. The second-order valence-electron chi connectivity index (χ2n) is 12.7. The highest BCUT2D eigenvalue weighted by Crippen LogP contribution is 2.38. The Balaban J connectivity index is 1.38. The molecule has 3 atom stereocenters. The van der Waals surface area contributed by atoms with E-state index < -0.39 is 47.2 Å². The molecule has 4 aromatic carbocycles.